The Morgan fingerprint density at radius 2 is 1.87 bits per heavy atom. The molecule has 202 valence electrons. The van der Waals surface area contributed by atoms with E-state index in [9.17, 15) is 23.2 Å². The molecule has 2 N–H and O–H groups in total. The smallest absolute Gasteiger partial charge is 0.276 e. The summed E-state index contributed by atoms with van der Waals surface area (Å²) in [7, 11) is 0. The second-order valence-electron chi connectivity index (χ2n) is 10.2. The van der Waals surface area contributed by atoms with E-state index in [0.717, 1.165) is 43.4 Å². The third kappa shape index (κ3) is 4.69. The quantitative estimate of drug-likeness (QED) is 0.506. The first-order chi connectivity index (χ1) is 18.9. The highest BCUT2D eigenvalue weighted by molar-refractivity contribution is 5.99. The number of rotatable bonds is 6. The molecule has 0 radical (unpaired) electrons. The number of amides is 2. The van der Waals surface area contributed by atoms with Crippen molar-refractivity contribution in [3.05, 3.63) is 99.0 Å². The summed E-state index contributed by atoms with van der Waals surface area (Å²) >= 11 is 0. The van der Waals surface area contributed by atoms with Gasteiger partial charge in [-0.25, -0.2) is 8.78 Å². The van der Waals surface area contributed by atoms with Gasteiger partial charge in [-0.05, 0) is 24.5 Å². The van der Waals surface area contributed by atoms with Crippen LogP contribution >= 0.6 is 0 Å². The Kier molecular flexibility index (Phi) is 6.64. The van der Waals surface area contributed by atoms with Gasteiger partial charge in [0.05, 0.1) is 6.54 Å². The van der Waals surface area contributed by atoms with Crippen LogP contribution in [0.5, 0.6) is 5.75 Å². The molecule has 2 aromatic carbocycles. The molecule has 1 saturated heterocycles. The second kappa shape index (κ2) is 10.3. The number of pyridine rings is 1. The summed E-state index contributed by atoms with van der Waals surface area (Å²) in [5.41, 5.74) is 0.0660. The van der Waals surface area contributed by atoms with Crippen LogP contribution in [0.3, 0.4) is 0 Å². The maximum Gasteiger partial charge on any atom is 0.276 e. The van der Waals surface area contributed by atoms with E-state index in [0.29, 0.717) is 6.54 Å². The molecule has 3 aromatic rings. The van der Waals surface area contributed by atoms with E-state index in [1.807, 2.05) is 35.2 Å². The zero-order valence-electron chi connectivity index (χ0n) is 21.2. The summed E-state index contributed by atoms with van der Waals surface area (Å²) in [6.07, 6.45) is 5.12. The number of benzene rings is 2. The molecule has 2 fully saturated rings. The molecule has 3 atom stereocenters. The van der Waals surface area contributed by atoms with Crippen molar-refractivity contribution in [2.24, 2.45) is 0 Å². The monoisotopic (exact) mass is 534 g/mol. The van der Waals surface area contributed by atoms with Crippen LogP contribution < -0.4 is 20.8 Å². The van der Waals surface area contributed by atoms with E-state index in [4.69, 9.17) is 4.74 Å². The summed E-state index contributed by atoms with van der Waals surface area (Å²) in [6, 6.07) is 12.5. The molecule has 3 heterocycles. The summed E-state index contributed by atoms with van der Waals surface area (Å²) < 4.78 is 35.0. The molecule has 6 rings (SSSR count). The zero-order chi connectivity index (χ0) is 27.1. The van der Waals surface area contributed by atoms with Crippen molar-refractivity contribution in [1.29, 1.82) is 0 Å². The first-order valence-corrected chi connectivity index (χ1v) is 13.2. The Balaban J connectivity index is 1.35. The van der Waals surface area contributed by atoms with Crippen molar-refractivity contribution < 1.29 is 23.1 Å². The molecule has 0 bridgehead atoms. The van der Waals surface area contributed by atoms with E-state index < -0.39 is 23.0 Å². The highest BCUT2D eigenvalue weighted by Crippen LogP contribution is 2.35. The number of nitrogens with one attached hydrogen (secondary N) is 2. The third-order valence-electron chi connectivity index (χ3n) is 7.80. The molecule has 10 heteroatoms. The first-order valence-electron chi connectivity index (χ1n) is 13.2. The molecule has 39 heavy (non-hydrogen) atoms. The zero-order valence-corrected chi connectivity index (χ0v) is 21.2. The molecule has 3 aliphatic rings. The van der Waals surface area contributed by atoms with Gasteiger partial charge in [0.2, 0.25) is 5.43 Å². The number of nitrogens with zero attached hydrogens (tertiary/aromatic N) is 2. The van der Waals surface area contributed by atoms with Gasteiger partial charge in [0.1, 0.15) is 30.0 Å². The number of ether oxygens (including phenoxy) is 1. The average Bonchev–Trinajstić information content (AvgIpc) is 3.31. The topological polar surface area (TPSA) is 92.7 Å². The van der Waals surface area contributed by atoms with Gasteiger partial charge >= 0.3 is 0 Å². The van der Waals surface area contributed by atoms with E-state index in [1.165, 1.54) is 12.3 Å². The standard InChI is InChI=1S/C29H28F2N4O4/c30-19-11-10-18(21(31)12-19)13-32-28(37)20-14-34-15-24-33-22-8-4-5-9-23(22)35(24)29(38)25(34)27(26(20)36)39-16-17-6-2-1-3-7-17/h1-3,6-7,10-12,14,22-24,33H,4-5,8-9,13,15-16H2,(H,32,37)/t22-,23-,24+/m0/s1. The second-order valence-corrected chi connectivity index (χ2v) is 10.2. The van der Waals surface area contributed by atoms with Gasteiger partial charge < -0.3 is 19.5 Å². The molecule has 2 aliphatic heterocycles. The predicted molar refractivity (Wildman–Crippen MR) is 138 cm³/mol. The van der Waals surface area contributed by atoms with E-state index in [2.05, 4.69) is 10.6 Å². The third-order valence-corrected chi connectivity index (χ3v) is 7.80. The molecule has 8 nitrogen and oxygen atoms in total. The number of carbonyl (C=O) groups excluding carboxylic acids is 2. The number of hydrogen-bond acceptors (Lipinski definition) is 5. The van der Waals surface area contributed by atoms with Crippen LogP contribution in [0.25, 0.3) is 0 Å². The van der Waals surface area contributed by atoms with Crippen molar-refractivity contribution in [3.63, 3.8) is 0 Å². The fourth-order valence-corrected chi connectivity index (χ4v) is 5.90. The van der Waals surface area contributed by atoms with Crippen molar-refractivity contribution in [2.45, 2.75) is 63.6 Å². The number of hydrogen-bond donors (Lipinski definition) is 2. The molecular formula is C29H28F2N4O4. The van der Waals surface area contributed by atoms with Gasteiger partial charge in [0.15, 0.2) is 11.4 Å². The molecule has 0 spiro atoms. The Bertz CT molecular complexity index is 1490. The lowest BCUT2D eigenvalue weighted by Gasteiger charge is -2.37. The van der Waals surface area contributed by atoms with Crippen molar-refractivity contribution in [3.8, 4) is 5.75 Å². The van der Waals surface area contributed by atoms with Crippen LogP contribution in [0.2, 0.25) is 0 Å². The maximum atomic E-state index is 14.1. The first kappa shape index (κ1) is 25.2. The highest BCUT2D eigenvalue weighted by atomic mass is 19.1. The largest absolute Gasteiger partial charge is 0.483 e. The lowest BCUT2D eigenvalue weighted by molar-refractivity contribution is 0.0541. The van der Waals surface area contributed by atoms with Crippen molar-refractivity contribution in [2.75, 3.05) is 0 Å². The summed E-state index contributed by atoms with van der Waals surface area (Å²) in [4.78, 5) is 42.5. The van der Waals surface area contributed by atoms with Gasteiger partial charge in [-0.1, -0.05) is 49.2 Å². The molecule has 1 aliphatic carbocycles. The Labute approximate surface area is 223 Å². The average molecular weight is 535 g/mol. The molecule has 1 saturated carbocycles. The van der Waals surface area contributed by atoms with Crippen LogP contribution in [-0.4, -0.2) is 39.5 Å². The van der Waals surface area contributed by atoms with Gasteiger partial charge in [-0.3, -0.25) is 19.7 Å². The minimum absolute atomic E-state index is 0.0377. The number of halogens is 2. The normalized spacial score (nSPS) is 21.6. The van der Waals surface area contributed by atoms with Gasteiger partial charge in [0, 0.05) is 36.5 Å². The van der Waals surface area contributed by atoms with Crippen LogP contribution in [0.1, 0.15) is 57.7 Å². The van der Waals surface area contributed by atoms with Gasteiger partial charge in [-0.15, -0.1) is 0 Å². The summed E-state index contributed by atoms with van der Waals surface area (Å²) in [6.45, 7) is 0.144. The number of fused-ring (bicyclic) bond motifs is 4. The van der Waals surface area contributed by atoms with E-state index in [-0.39, 0.29) is 59.9 Å². The predicted octanol–water partition coefficient (Wildman–Crippen LogP) is 3.33. The lowest BCUT2D eigenvalue weighted by atomic mass is 9.91. The van der Waals surface area contributed by atoms with Crippen LogP contribution in [-0.2, 0) is 19.7 Å². The summed E-state index contributed by atoms with van der Waals surface area (Å²) in [5, 5.41) is 6.10. The number of carbonyl (C=O) groups is 2. The van der Waals surface area contributed by atoms with E-state index >= 15 is 0 Å². The SMILES string of the molecule is O=C(NCc1ccc(F)cc1F)c1cn2c(c(OCc3ccccc3)c1=O)C(=O)N1[C@H](C2)N[C@H]2CCCC[C@@H]21. The van der Waals surface area contributed by atoms with Crippen molar-refractivity contribution >= 4 is 11.8 Å². The Hall–Kier alpha value is -4.05. The van der Waals surface area contributed by atoms with Crippen molar-refractivity contribution in [1.82, 2.24) is 20.1 Å². The Morgan fingerprint density at radius 1 is 1.08 bits per heavy atom. The van der Waals surface area contributed by atoms with Crippen LogP contribution in [0, 0.1) is 11.6 Å². The summed E-state index contributed by atoms with van der Waals surface area (Å²) in [5.74, 6) is -2.75. The lowest BCUT2D eigenvalue weighted by Crippen LogP contribution is -2.52. The molecule has 2 amide bonds. The fourth-order valence-electron chi connectivity index (χ4n) is 5.90. The highest BCUT2D eigenvalue weighted by Gasteiger charge is 2.48. The molecule has 0 unspecified atom stereocenters. The minimum atomic E-state index is -0.802. The Morgan fingerprint density at radius 3 is 2.67 bits per heavy atom. The molecule has 1 aromatic heterocycles. The van der Waals surface area contributed by atoms with E-state index in [1.54, 1.807) is 4.57 Å². The number of aromatic nitrogens is 1. The van der Waals surface area contributed by atoms with Gasteiger partial charge in [-0.2, -0.15) is 0 Å². The van der Waals surface area contributed by atoms with Crippen LogP contribution in [0.15, 0.2) is 59.5 Å². The van der Waals surface area contributed by atoms with Gasteiger partial charge in [0.25, 0.3) is 11.8 Å². The fraction of sp³-hybridized carbons (Fsp3) is 0.345. The van der Waals surface area contributed by atoms with Crippen LogP contribution in [0.4, 0.5) is 8.78 Å². The molecular weight excluding hydrogens is 506 g/mol. The maximum absolute atomic E-state index is 14.1. The minimum Gasteiger partial charge on any atom is -0.483 e.